The number of carbonyl (C=O) groups is 1. The first-order valence-electron chi connectivity index (χ1n) is 8.93. The molecular weight excluding hydrogens is 418 g/mol. The number of nitrogens with two attached hydrogens (primary N) is 1. The summed E-state index contributed by atoms with van der Waals surface area (Å²) in [6.07, 6.45) is 6.42. The van der Waals surface area contributed by atoms with Crippen LogP contribution in [-0.4, -0.2) is 68.8 Å². The zero-order valence-electron chi connectivity index (χ0n) is 17.5. The van der Waals surface area contributed by atoms with Gasteiger partial charge in [-0.05, 0) is 25.1 Å². The van der Waals surface area contributed by atoms with Crippen LogP contribution < -0.4 is 11.3 Å². The van der Waals surface area contributed by atoms with Gasteiger partial charge in [0.15, 0.2) is 10.9 Å². The summed E-state index contributed by atoms with van der Waals surface area (Å²) < 4.78 is 11.4. The average Bonchev–Trinajstić information content (AvgIpc) is 3.22. The highest BCUT2D eigenvalue weighted by Gasteiger charge is 2.45. The van der Waals surface area contributed by atoms with E-state index in [1.807, 2.05) is 0 Å². The van der Waals surface area contributed by atoms with E-state index < -0.39 is 36.4 Å². The zero-order chi connectivity index (χ0) is 23.9. The van der Waals surface area contributed by atoms with Crippen molar-refractivity contribution in [3.63, 3.8) is 0 Å². The molecule has 1 aromatic rings. The number of nitrogens with one attached hydrogen (secondary N) is 1. The first-order chi connectivity index (χ1) is 14.2. The maximum absolute atomic E-state index is 11.5. The summed E-state index contributed by atoms with van der Waals surface area (Å²) in [5.41, 5.74) is 4.61. The molecular formula is C18H31N3O8S. The van der Waals surface area contributed by atoms with Gasteiger partial charge < -0.3 is 35.6 Å². The summed E-state index contributed by atoms with van der Waals surface area (Å²) in [6.45, 7) is 3.75. The van der Waals surface area contributed by atoms with Crippen molar-refractivity contribution in [2.75, 3.05) is 20.8 Å². The molecule has 7 N–H and O–H groups in total. The first kappa shape index (κ1) is 30.1. The fraction of sp³-hybridized carbons (Fsp3) is 0.611. The van der Waals surface area contributed by atoms with Crippen molar-refractivity contribution < 1.29 is 34.7 Å². The predicted octanol–water partition coefficient (Wildman–Crippen LogP) is -0.662. The molecule has 2 atom stereocenters. The fourth-order valence-electron chi connectivity index (χ4n) is 2.18. The number of H-pyrrole nitrogens is 1. The van der Waals surface area contributed by atoms with Crippen molar-refractivity contribution in [3.8, 4) is 12.3 Å². The van der Waals surface area contributed by atoms with Crippen LogP contribution in [0.4, 0.5) is 0 Å². The largest absolute Gasteiger partial charge is 0.405 e. The Labute approximate surface area is 180 Å². The van der Waals surface area contributed by atoms with Gasteiger partial charge in [-0.2, -0.15) is 0 Å². The third kappa shape index (κ3) is 9.14. The third-order valence-corrected chi connectivity index (χ3v) is 3.59. The minimum Gasteiger partial charge on any atom is -0.405 e. The molecule has 1 fully saturated rings. The lowest BCUT2D eigenvalue weighted by Crippen LogP contribution is -2.47. The van der Waals surface area contributed by atoms with E-state index in [0.717, 1.165) is 14.2 Å². The van der Waals surface area contributed by atoms with Crippen molar-refractivity contribution in [2.24, 2.45) is 5.73 Å². The van der Waals surface area contributed by atoms with Crippen molar-refractivity contribution in [3.05, 3.63) is 26.9 Å². The monoisotopic (exact) mass is 449 g/mol. The van der Waals surface area contributed by atoms with Gasteiger partial charge in [0.25, 0.3) is 5.56 Å². The number of hydrogen-bond acceptors (Lipinski definition) is 10. The molecule has 172 valence electrons. The predicted molar refractivity (Wildman–Crippen MR) is 112 cm³/mol. The third-order valence-electron chi connectivity index (χ3n) is 3.28. The van der Waals surface area contributed by atoms with Gasteiger partial charge in [-0.3, -0.25) is 19.1 Å². The molecule has 0 aromatic carbocycles. The Morgan fingerprint density at radius 1 is 1.40 bits per heavy atom. The summed E-state index contributed by atoms with van der Waals surface area (Å²) >= 11 is 5.04. The number of carbonyl (C=O) groups excluding carboxylic acids is 1. The number of aromatic amines is 1. The number of ether oxygens (including phenoxy) is 2. The standard InChI is InChI=1S/C13H15N3O6S.C3H8.2CH4O/c1-2-7-6-16(12(23)15-11(7)18)9-4-3-8(21-9)13(19,20)22-10(17)5-14;1-3-2;2*1-2/h1,6,8-9,19-20H,3-5,14H2,(H,15,18,23);3H2,1-2H3;2*2H,1H3. The molecule has 30 heavy (non-hydrogen) atoms. The Hall–Kier alpha value is -2.11. The smallest absolute Gasteiger partial charge is 0.352 e. The number of rotatable bonds is 4. The molecule has 0 spiro atoms. The number of aliphatic hydroxyl groups is 4. The molecule has 0 radical (unpaired) electrons. The van der Waals surface area contributed by atoms with E-state index in [-0.39, 0.29) is 16.8 Å². The lowest BCUT2D eigenvalue weighted by Gasteiger charge is -2.27. The highest BCUT2D eigenvalue weighted by molar-refractivity contribution is 7.71. The van der Waals surface area contributed by atoms with Crippen LogP contribution in [-0.2, 0) is 14.3 Å². The number of hydrogen-bond donors (Lipinski definition) is 6. The molecule has 0 saturated carbocycles. The Morgan fingerprint density at radius 3 is 2.40 bits per heavy atom. The highest BCUT2D eigenvalue weighted by Crippen LogP contribution is 2.33. The van der Waals surface area contributed by atoms with E-state index in [0.29, 0.717) is 6.42 Å². The van der Waals surface area contributed by atoms with Gasteiger partial charge in [0.2, 0.25) is 0 Å². The number of nitrogens with zero attached hydrogens (tertiary/aromatic N) is 1. The topological polar surface area (TPSA) is 180 Å². The highest BCUT2D eigenvalue weighted by atomic mass is 32.1. The van der Waals surface area contributed by atoms with Crippen LogP contribution in [0.3, 0.4) is 0 Å². The summed E-state index contributed by atoms with van der Waals surface area (Å²) in [6, 6.07) is 0. The van der Waals surface area contributed by atoms with Gasteiger partial charge in [0.05, 0.1) is 6.54 Å². The summed E-state index contributed by atoms with van der Waals surface area (Å²) in [5.74, 6) is -1.59. The molecule has 0 bridgehead atoms. The zero-order valence-corrected chi connectivity index (χ0v) is 18.3. The van der Waals surface area contributed by atoms with Crippen LogP contribution in [0.25, 0.3) is 0 Å². The first-order valence-corrected chi connectivity index (χ1v) is 9.34. The fourth-order valence-corrected chi connectivity index (χ4v) is 2.44. The van der Waals surface area contributed by atoms with Gasteiger partial charge >= 0.3 is 11.9 Å². The SMILES string of the molecule is C#Cc1cn(C2CCC(C(O)(O)OC(=O)CN)O2)c(=S)[nH]c1=O.CCC.CO.CO. The van der Waals surface area contributed by atoms with Gasteiger partial charge in [-0.1, -0.05) is 26.2 Å². The van der Waals surface area contributed by atoms with E-state index in [1.54, 1.807) is 0 Å². The number of esters is 1. The molecule has 0 amide bonds. The van der Waals surface area contributed by atoms with Crippen molar-refractivity contribution in [2.45, 2.75) is 51.4 Å². The number of aromatic nitrogens is 2. The van der Waals surface area contributed by atoms with Crippen LogP contribution in [0.1, 0.15) is 44.9 Å². The maximum atomic E-state index is 11.5. The van der Waals surface area contributed by atoms with Crippen molar-refractivity contribution in [1.29, 1.82) is 0 Å². The maximum Gasteiger partial charge on any atom is 0.352 e. The van der Waals surface area contributed by atoms with Gasteiger partial charge in [0.1, 0.15) is 11.8 Å². The van der Waals surface area contributed by atoms with E-state index in [1.165, 1.54) is 17.2 Å². The average molecular weight is 450 g/mol. The number of aliphatic hydroxyl groups excluding tert-OH is 2. The lowest BCUT2D eigenvalue weighted by atomic mass is 10.2. The summed E-state index contributed by atoms with van der Waals surface area (Å²) in [4.78, 5) is 25.1. The van der Waals surface area contributed by atoms with Crippen LogP contribution in [0.15, 0.2) is 11.0 Å². The Bertz CT molecular complexity index is 785. The van der Waals surface area contributed by atoms with Gasteiger partial charge in [0, 0.05) is 20.4 Å². The molecule has 1 aliphatic heterocycles. The lowest BCUT2D eigenvalue weighted by molar-refractivity contribution is -0.362. The molecule has 11 nitrogen and oxygen atoms in total. The molecule has 12 heteroatoms. The van der Waals surface area contributed by atoms with E-state index in [4.69, 9.17) is 39.3 Å². The van der Waals surface area contributed by atoms with Crippen molar-refractivity contribution in [1.82, 2.24) is 9.55 Å². The second-order valence-corrected chi connectivity index (χ2v) is 5.94. The quantitative estimate of drug-likeness (QED) is 0.149. The van der Waals surface area contributed by atoms with E-state index >= 15 is 0 Å². The Morgan fingerprint density at radius 2 is 1.93 bits per heavy atom. The molecule has 0 aliphatic carbocycles. The molecule has 1 aromatic heterocycles. The molecule has 2 heterocycles. The Kier molecular flexibility index (Phi) is 15.7. The van der Waals surface area contributed by atoms with Gasteiger partial charge in [-0.15, -0.1) is 6.42 Å². The van der Waals surface area contributed by atoms with E-state index in [9.17, 15) is 19.8 Å². The molecule has 1 aliphatic rings. The van der Waals surface area contributed by atoms with Crippen LogP contribution in [0.5, 0.6) is 0 Å². The summed E-state index contributed by atoms with van der Waals surface area (Å²) in [7, 11) is 2.00. The minimum atomic E-state index is -2.81. The van der Waals surface area contributed by atoms with Crippen LogP contribution >= 0.6 is 12.2 Å². The van der Waals surface area contributed by atoms with Crippen LogP contribution in [0, 0.1) is 17.1 Å². The summed E-state index contributed by atoms with van der Waals surface area (Å²) in [5, 5.41) is 33.6. The van der Waals surface area contributed by atoms with Gasteiger partial charge in [-0.25, -0.2) is 0 Å². The molecule has 2 unspecified atom stereocenters. The normalized spacial score (nSPS) is 17.1. The second-order valence-electron chi connectivity index (χ2n) is 5.55. The minimum absolute atomic E-state index is 0.0551. The molecule has 1 saturated heterocycles. The van der Waals surface area contributed by atoms with E-state index in [2.05, 4.69) is 29.5 Å². The number of terminal acetylenes is 1. The second kappa shape index (κ2) is 15.7. The van der Waals surface area contributed by atoms with Crippen molar-refractivity contribution >= 4 is 18.2 Å². The Balaban J connectivity index is 0. The van der Waals surface area contributed by atoms with Crippen LogP contribution in [0.2, 0.25) is 0 Å². The molecule has 2 rings (SSSR count).